The minimum Gasteiger partial charge on any atom is -0.507 e. The molecule has 1 aromatic carbocycles. The van der Waals surface area contributed by atoms with Gasteiger partial charge in [0.05, 0.1) is 5.56 Å². The minimum absolute atomic E-state index is 0.382. The van der Waals surface area contributed by atoms with Crippen LogP contribution < -0.4 is 0 Å². The van der Waals surface area contributed by atoms with Gasteiger partial charge in [-0.3, -0.25) is 4.79 Å². The molecular weight excluding hydrogens is 228 g/mol. The topological polar surface area (TPSA) is 115 Å². The van der Waals surface area contributed by atoms with Crippen LogP contribution in [0.25, 0.3) is 0 Å². The molecule has 6 heteroatoms. The van der Waals surface area contributed by atoms with Crippen LogP contribution in [0.3, 0.4) is 0 Å². The largest absolute Gasteiger partial charge is 0.507 e. The summed E-state index contributed by atoms with van der Waals surface area (Å²) in [6.45, 7) is 3.13. The zero-order valence-corrected chi connectivity index (χ0v) is 8.62. The number of hydrogen-bond donors (Lipinski definition) is 4. The number of aliphatic carboxylic acids is 2. The van der Waals surface area contributed by atoms with Crippen molar-refractivity contribution in [2.24, 2.45) is 0 Å². The number of carboxylic acids is 2. The van der Waals surface area contributed by atoms with Gasteiger partial charge in [0.1, 0.15) is 17.4 Å². The molecule has 1 rings (SSSR count). The highest BCUT2D eigenvalue weighted by molar-refractivity contribution is 5.97. The second-order valence-electron chi connectivity index (χ2n) is 3.31. The van der Waals surface area contributed by atoms with Crippen LogP contribution in [0, 0.1) is 0 Å². The summed E-state index contributed by atoms with van der Waals surface area (Å²) in [6.07, 6.45) is 0. The van der Waals surface area contributed by atoms with E-state index in [1.807, 2.05) is 0 Å². The van der Waals surface area contributed by atoms with Crippen LogP contribution in [-0.2, 0) is 9.59 Å². The van der Waals surface area contributed by atoms with E-state index in [2.05, 4.69) is 6.58 Å². The van der Waals surface area contributed by atoms with Gasteiger partial charge in [0, 0.05) is 5.57 Å². The number of carboxylic acid groups (broad SMARTS) is 2. The molecule has 1 aromatic rings. The highest BCUT2D eigenvalue weighted by atomic mass is 16.4. The third-order valence-corrected chi connectivity index (χ3v) is 2.22. The summed E-state index contributed by atoms with van der Waals surface area (Å²) in [6, 6.07) is 3.61. The average Bonchev–Trinajstić information content (AvgIpc) is 2.22. The van der Waals surface area contributed by atoms with E-state index in [0.29, 0.717) is 0 Å². The maximum atomic E-state index is 11.0. The second kappa shape index (κ2) is 4.56. The number of hydrogen-bond acceptors (Lipinski definition) is 4. The number of phenolic OH excluding ortho intramolecular Hbond substituents is 2. The molecule has 90 valence electrons. The Morgan fingerprint density at radius 2 is 1.59 bits per heavy atom. The van der Waals surface area contributed by atoms with Gasteiger partial charge in [0.2, 0.25) is 0 Å². The number of rotatable bonds is 4. The molecule has 6 nitrogen and oxygen atoms in total. The van der Waals surface area contributed by atoms with E-state index in [1.54, 1.807) is 0 Å². The van der Waals surface area contributed by atoms with Crippen LogP contribution in [-0.4, -0.2) is 32.4 Å². The Bertz CT molecular complexity index is 470. The standard InChI is InChI=1S/C11H10O6/c1-5(10(14)15)8(11(16)17)9-6(12)3-2-4-7(9)13/h2-4,8,12-13H,1H2,(H,14,15)(H,16,17). The Labute approximate surface area is 96.1 Å². The summed E-state index contributed by atoms with van der Waals surface area (Å²) in [4.78, 5) is 21.7. The van der Waals surface area contributed by atoms with Crippen molar-refractivity contribution in [2.75, 3.05) is 0 Å². The lowest BCUT2D eigenvalue weighted by Crippen LogP contribution is -2.19. The first-order valence-electron chi connectivity index (χ1n) is 4.52. The Morgan fingerprint density at radius 3 is 1.94 bits per heavy atom. The Balaban J connectivity index is 3.39. The molecule has 0 aliphatic heterocycles. The SMILES string of the molecule is C=C(C(=O)O)C(C(=O)O)c1c(O)cccc1O. The van der Waals surface area contributed by atoms with E-state index in [0.717, 1.165) is 12.1 Å². The molecule has 0 aliphatic rings. The molecule has 0 saturated heterocycles. The van der Waals surface area contributed by atoms with Crippen molar-refractivity contribution in [3.63, 3.8) is 0 Å². The molecule has 17 heavy (non-hydrogen) atoms. The fourth-order valence-corrected chi connectivity index (χ4v) is 1.41. The van der Waals surface area contributed by atoms with Gasteiger partial charge in [0.15, 0.2) is 0 Å². The van der Waals surface area contributed by atoms with Gasteiger partial charge in [-0.1, -0.05) is 12.6 Å². The highest BCUT2D eigenvalue weighted by Crippen LogP contribution is 2.37. The zero-order chi connectivity index (χ0) is 13.2. The van der Waals surface area contributed by atoms with Crippen molar-refractivity contribution in [2.45, 2.75) is 5.92 Å². The molecule has 0 spiro atoms. The van der Waals surface area contributed by atoms with Crippen LogP contribution in [0.5, 0.6) is 11.5 Å². The summed E-state index contributed by atoms with van der Waals surface area (Å²) in [5, 5.41) is 36.6. The number of benzene rings is 1. The van der Waals surface area contributed by atoms with Gasteiger partial charge >= 0.3 is 11.9 Å². The van der Waals surface area contributed by atoms with Gasteiger partial charge < -0.3 is 20.4 Å². The smallest absolute Gasteiger partial charge is 0.332 e. The molecule has 4 N–H and O–H groups in total. The average molecular weight is 238 g/mol. The fourth-order valence-electron chi connectivity index (χ4n) is 1.41. The van der Waals surface area contributed by atoms with E-state index in [9.17, 15) is 19.8 Å². The van der Waals surface area contributed by atoms with Crippen LogP contribution in [0.4, 0.5) is 0 Å². The van der Waals surface area contributed by atoms with Crippen molar-refractivity contribution in [1.82, 2.24) is 0 Å². The van der Waals surface area contributed by atoms with Gasteiger partial charge in [-0.05, 0) is 12.1 Å². The van der Waals surface area contributed by atoms with E-state index in [-0.39, 0.29) is 5.56 Å². The predicted octanol–water partition coefficient (Wildman–Crippen LogP) is 0.907. The predicted molar refractivity (Wildman–Crippen MR) is 56.9 cm³/mol. The van der Waals surface area contributed by atoms with Crippen LogP contribution >= 0.6 is 0 Å². The number of phenols is 2. The summed E-state index contributed by atoms with van der Waals surface area (Å²) in [7, 11) is 0. The van der Waals surface area contributed by atoms with Crippen molar-refractivity contribution in [3.8, 4) is 11.5 Å². The van der Waals surface area contributed by atoms with E-state index in [4.69, 9.17) is 10.2 Å². The Morgan fingerprint density at radius 1 is 1.12 bits per heavy atom. The quantitative estimate of drug-likeness (QED) is 0.579. The van der Waals surface area contributed by atoms with Gasteiger partial charge in [0.25, 0.3) is 0 Å². The molecule has 0 amide bonds. The number of aromatic hydroxyl groups is 2. The van der Waals surface area contributed by atoms with Gasteiger partial charge in [-0.25, -0.2) is 4.79 Å². The first kappa shape index (κ1) is 12.6. The van der Waals surface area contributed by atoms with Gasteiger partial charge in [-0.15, -0.1) is 0 Å². The van der Waals surface area contributed by atoms with Crippen molar-refractivity contribution < 1.29 is 30.0 Å². The van der Waals surface area contributed by atoms with Gasteiger partial charge in [-0.2, -0.15) is 0 Å². The van der Waals surface area contributed by atoms with E-state index in [1.165, 1.54) is 6.07 Å². The van der Waals surface area contributed by atoms with Crippen LogP contribution in [0.2, 0.25) is 0 Å². The Hall–Kier alpha value is -2.50. The van der Waals surface area contributed by atoms with Crippen LogP contribution in [0.15, 0.2) is 30.4 Å². The second-order valence-corrected chi connectivity index (χ2v) is 3.31. The van der Waals surface area contributed by atoms with E-state index >= 15 is 0 Å². The maximum Gasteiger partial charge on any atom is 0.332 e. The fraction of sp³-hybridized carbons (Fsp3) is 0.0909. The third-order valence-electron chi connectivity index (χ3n) is 2.22. The summed E-state index contributed by atoms with van der Waals surface area (Å²) >= 11 is 0. The molecule has 0 heterocycles. The van der Waals surface area contributed by atoms with Crippen molar-refractivity contribution in [1.29, 1.82) is 0 Å². The molecule has 0 saturated carbocycles. The molecule has 1 unspecified atom stereocenters. The molecule has 1 atom stereocenters. The normalized spacial score (nSPS) is 11.8. The summed E-state index contributed by atoms with van der Waals surface area (Å²) < 4.78 is 0. The lowest BCUT2D eigenvalue weighted by atomic mass is 9.90. The summed E-state index contributed by atoms with van der Waals surface area (Å²) in [5.74, 6) is -5.73. The lowest BCUT2D eigenvalue weighted by Gasteiger charge is -2.15. The number of carbonyl (C=O) groups is 2. The first-order valence-corrected chi connectivity index (χ1v) is 4.52. The monoisotopic (exact) mass is 238 g/mol. The zero-order valence-electron chi connectivity index (χ0n) is 8.62. The first-order chi connectivity index (χ1) is 7.86. The van der Waals surface area contributed by atoms with E-state index < -0.39 is 34.9 Å². The molecule has 0 fully saturated rings. The van der Waals surface area contributed by atoms with Crippen molar-refractivity contribution in [3.05, 3.63) is 35.9 Å². The molecule has 0 aromatic heterocycles. The highest BCUT2D eigenvalue weighted by Gasteiger charge is 2.32. The molecule has 0 bridgehead atoms. The third kappa shape index (κ3) is 2.36. The maximum absolute atomic E-state index is 11.0. The molecule has 0 radical (unpaired) electrons. The molecule has 0 aliphatic carbocycles. The lowest BCUT2D eigenvalue weighted by molar-refractivity contribution is -0.141. The molecular formula is C11H10O6. The van der Waals surface area contributed by atoms with Crippen LogP contribution in [0.1, 0.15) is 11.5 Å². The Kier molecular flexibility index (Phi) is 3.37. The minimum atomic E-state index is -1.70. The summed E-state index contributed by atoms with van der Waals surface area (Å²) in [5.41, 5.74) is -1.03. The van der Waals surface area contributed by atoms with Crippen molar-refractivity contribution >= 4 is 11.9 Å².